The van der Waals surface area contributed by atoms with E-state index >= 15 is 0 Å². The van der Waals surface area contributed by atoms with Gasteiger partial charge < -0.3 is 0 Å². The average Bonchev–Trinajstić information content (AvgIpc) is 2.35. The fourth-order valence-electron chi connectivity index (χ4n) is 1.15. The highest BCUT2D eigenvalue weighted by molar-refractivity contribution is 7.90. The second kappa shape index (κ2) is 5.46. The van der Waals surface area contributed by atoms with Crippen LogP contribution in [-0.2, 0) is 10.2 Å². The normalized spacial score (nSPS) is 11.9. The quantitative estimate of drug-likeness (QED) is 0.911. The van der Waals surface area contributed by atoms with Crippen LogP contribution >= 0.6 is 0 Å². The van der Waals surface area contributed by atoms with Crippen LogP contribution in [0.2, 0.25) is 0 Å². The number of benzene rings is 1. The maximum absolute atomic E-state index is 12.0. The third kappa shape index (κ3) is 4.42. The predicted molar refractivity (Wildman–Crippen MR) is 62.5 cm³/mol. The summed E-state index contributed by atoms with van der Waals surface area (Å²) in [6.45, 7) is -1.64. The van der Waals surface area contributed by atoms with Gasteiger partial charge in [-0.05, 0) is 24.3 Å². The van der Waals surface area contributed by atoms with E-state index in [-0.39, 0.29) is 5.69 Å². The summed E-state index contributed by atoms with van der Waals surface area (Å²) in [4.78, 5) is 0. The highest BCUT2D eigenvalue weighted by atomic mass is 32.2. The van der Waals surface area contributed by atoms with Crippen molar-refractivity contribution in [1.29, 1.82) is 5.26 Å². The van der Waals surface area contributed by atoms with Crippen molar-refractivity contribution in [2.24, 2.45) is 0 Å². The van der Waals surface area contributed by atoms with Gasteiger partial charge in [-0.2, -0.15) is 31.6 Å². The van der Waals surface area contributed by atoms with Crippen LogP contribution in [0, 0.1) is 11.3 Å². The molecular formula is C10H10F3N3O2S. The van der Waals surface area contributed by atoms with E-state index in [4.69, 9.17) is 5.26 Å². The molecule has 0 aliphatic rings. The van der Waals surface area contributed by atoms with Gasteiger partial charge in [0.05, 0.1) is 17.3 Å². The lowest BCUT2D eigenvalue weighted by molar-refractivity contribution is -0.121. The zero-order valence-electron chi connectivity index (χ0n) is 9.77. The van der Waals surface area contributed by atoms with Gasteiger partial charge in [-0.3, -0.25) is 4.31 Å². The Kier molecular flexibility index (Phi) is 4.39. The van der Waals surface area contributed by atoms with E-state index in [0.717, 1.165) is 7.05 Å². The Morgan fingerprint density at radius 1 is 1.32 bits per heavy atom. The van der Waals surface area contributed by atoms with Crippen LogP contribution in [0.15, 0.2) is 24.3 Å². The smallest absolute Gasteiger partial charge is 0.261 e. The summed E-state index contributed by atoms with van der Waals surface area (Å²) in [5.74, 6) is 0. The first-order valence-corrected chi connectivity index (χ1v) is 6.40. The summed E-state index contributed by atoms with van der Waals surface area (Å²) >= 11 is 0. The lowest BCUT2D eigenvalue weighted by atomic mass is 10.2. The Hall–Kier alpha value is -1.79. The van der Waals surface area contributed by atoms with E-state index in [1.165, 1.54) is 29.0 Å². The molecule has 0 fully saturated rings. The van der Waals surface area contributed by atoms with Crippen LogP contribution < -0.4 is 9.03 Å². The number of alkyl halides is 3. The van der Waals surface area contributed by atoms with Crippen LogP contribution in [0.1, 0.15) is 5.56 Å². The summed E-state index contributed by atoms with van der Waals surface area (Å²) in [7, 11) is -3.17. The molecule has 0 bridgehead atoms. The molecule has 0 unspecified atom stereocenters. The molecule has 0 aromatic heterocycles. The van der Waals surface area contributed by atoms with Crippen molar-refractivity contribution in [2.75, 3.05) is 17.9 Å². The first-order valence-electron chi connectivity index (χ1n) is 4.96. The van der Waals surface area contributed by atoms with Crippen molar-refractivity contribution in [3.63, 3.8) is 0 Å². The maximum atomic E-state index is 12.0. The van der Waals surface area contributed by atoms with Crippen LogP contribution in [-0.4, -0.2) is 28.2 Å². The van der Waals surface area contributed by atoms with Gasteiger partial charge in [-0.15, -0.1) is 0 Å². The minimum absolute atomic E-state index is 0.147. The number of nitrogens with zero attached hydrogens (tertiary/aromatic N) is 2. The zero-order valence-corrected chi connectivity index (χ0v) is 10.6. The number of hydrogen-bond acceptors (Lipinski definition) is 3. The van der Waals surface area contributed by atoms with Crippen LogP contribution in [0.25, 0.3) is 0 Å². The lowest BCUT2D eigenvalue weighted by Crippen LogP contribution is -2.42. The molecule has 0 amide bonds. The molecular weight excluding hydrogens is 283 g/mol. The van der Waals surface area contributed by atoms with E-state index in [9.17, 15) is 21.6 Å². The molecule has 104 valence electrons. The summed E-state index contributed by atoms with van der Waals surface area (Å²) in [5.41, 5.74) is 0.464. The van der Waals surface area contributed by atoms with Gasteiger partial charge in [-0.1, -0.05) is 0 Å². The molecule has 0 heterocycles. The van der Waals surface area contributed by atoms with Gasteiger partial charge in [0, 0.05) is 7.05 Å². The molecule has 0 saturated heterocycles. The molecule has 1 N–H and O–H groups in total. The summed E-state index contributed by atoms with van der Waals surface area (Å²) in [6.07, 6.45) is -4.63. The van der Waals surface area contributed by atoms with Gasteiger partial charge in [0.25, 0.3) is 0 Å². The molecule has 0 aliphatic heterocycles. The highest BCUT2D eigenvalue weighted by Crippen LogP contribution is 2.17. The molecule has 9 heteroatoms. The molecule has 1 aromatic rings. The van der Waals surface area contributed by atoms with Gasteiger partial charge >= 0.3 is 16.4 Å². The number of halogens is 3. The Balaban J connectivity index is 2.86. The Labute approximate surface area is 108 Å². The maximum Gasteiger partial charge on any atom is 0.402 e. The van der Waals surface area contributed by atoms with Gasteiger partial charge in [0.15, 0.2) is 0 Å². The first kappa shape index (κ1) is 15.3. The SMILES string of the molecule is CN(c1ccc(C#N)cc1)S(=O)(=O)NCC(F)(F)F. The Morgan fingerprint density at radius 2 is 1.84 bits per heavy atom. The number of rotatable bonds is 4. The van der Waals surface area contributed by atoms with Crippen molar-refractivity contribution in [2.45, 2.75) is 6.18 Å². The number of anilines is 1. The largest absolute Gasteiger partial charge is 0.402 e. The third-order valence-corrected chi connectivity index (χ3v) is 3.62. The second-order valence-corrected chi connectivity index (χ2v) is 5.35. The monoisotopic (exact) mass is 293 g/mol. The van der Waals surface area contributed by atoms with Crippen molar-refractivity contribution in [3.8, 4) is 6.07 Å². The number of hydrogen-bond donors (Lipinski definition) is 1. The molecule has 0 radical (unpaired) electrons. The standard InChI is InChI=1S/C10H10F3N3O2S/c1-16(9-4-2-8(6-14)3-5-9)19(17,18)15-7-10(11,12)13/h2-5,15H,7H2,1H3. The molecule has 1 rings (SSSR count). The van der Waals surface area contributed by atoms with Gasteiger partial charge in [0.2, 0.25) is 0 Å². The molecule has 0 atom stereocenters. The summed E-state index contributed by atoms with van der Waals surface area (Å²) in [5, 5.41) is 8.58. The van der Waals surface area contributed by atoms with Gasteiger partial charge in [-0.25, -0.2) is 0 Å². The minimum Gasteiger partial charge on any atom is -0.261 e. The van der Waals surface area contributed by atoms with Crippen molar-refractivity contribution in [1.82, 2.24) is 4.72 Å². The molecule has 1 aromatic carbocycles. The van der Waals surface area contributed by atoms with Crippen LogP contribution in [0.4, 0.5) is 18.9 Å². The van der Waals surface area contributed by atoms with E-state index in [1.54, 1.807) is 0 Å². The molecule has 0 aliphatic carbocycles. The topological polar surface area (TPSA) is 73.2 Å². The fraction of sp³-hybridized carbons (Fsp3) is 0.300. The highest BCUT2D eigenvalue weighted by Gasteiger charge is 2.30. The molecule has 19 heavy (non-hydrogen) atoms. The van der Waals surface area contributed by atoms with Crippen molar-refractivity contribution >= 4 is 15.9 Å². The predicted octanol–water partition coefficient (Wildman–Crippen LogP) is 1.39. The number of nitriles is 1. The second-order valence-electron chi connectivity index (χ2n) is 3.57. The molecule has 5 nitrogen and oxygen atoms in total. The Bertz CT molecular complexity index is 576. The average molecular weight is 293 g/mol. The lowest BCUT2D eigenvalue weighted by Gasteiger charge is -2.20. The third-order valence-electron chi connectivity index (χ3n) is 2.18. The van der Waals surface area contributed by atoms with E-state index in [0.29, 0.717) is 9.87 Å². The van der Waals surface area contributed by atoms with Crippen LogP contribution in [0.5, 0.6) is 0 Å². The minimum atomic E-state index is -4.63. The fourth-order valence-corrected chi connectivity index (χ4v) is 2.09. The molecule has 0 spiro atoms. The van der Waals surface area contributed by atoms with Gasteiger partial charge in [0.1, 0.15) is 6.54 Å². The van der Waals surface area contributed by atoms with Crippen LogP contribution in [0.3, 0.4) is 0 Å². The zero-order chi connectivity index (χ0) is 14.7. The summed E-state index contributed by atoms with van der Waals surface area (Å²) in [6, 6.07) is 7.23. The summed E-state index contributed by atoms with van der Waals surface area (Å²) < 4.78 is 61.2. The first-order chi connectivity index (χ1) is 8.65. The van der Waals surface area contributed by atoms with Crippen molar-refractivity contribution < 1.29 is 21.6 Å². The number of nitrogens with one attached hydrogen (secondary N) is 1. The Morgan fingerprint density at radius 3 is 2.26 bits per heavy atom. The van der Waals surface area contributed by atoms with E-state index < -0.39 is 22.9 Å². The molecule has 0 saturated carbocycles. The van der Waals surface area contributed by atoms with E-state index in [1.807, 2.05) is 6.07 Å². The van der Waals surface area contributed by atoms with Crippen molar-refractivity contribution in [3.05, 3.63) is 29.8 Å². The van der Waals surface area contributed by atoms with E-state index in [2.05, 4.69) is 0 Å².